The lowest BCUT2D eigenvalue weighted by atomic mass is 9.93. The van der Waals surface area contributed by atoms with E-state index in [1.807, 2.05) is 6.07 Å². The molecule has 19 heavy (non-hydrogen) atoms. The lowest BCUT2D eigenvalue weighted by Crippen LogP contribution is -2.51. The smallest absolute Gasteiger partial charge is 0.254 e. The van der Waals surface area contributed by atoms with Gasteiger partial charge >= 0.3 is 0 Å². The van der Waals surface area contributed by atoms with E-state index < -0.39 is 17.6 Å². The summed E-state index contributed by atoms with van der Waals surface area (Å²) >= 11 is 1.78. The molecule has 1 unspecified atom stereocenters. The summed E-state index contributed by atoms with van der Waals surface area (Å²) in [4.78, 5) is 12.1. The molecule has 0 radical (unpaired) electrons. The molecule has 1 aliphatic rings. The molecule has 1 aromatic carbocycles. The predicted molar refractivity (Wildman–Crippen MR) is 74.4 cm³/mol. The fourth-order valence-electron chi connectivity index (χ4n) is 2.08. The number of carbonyl (C=O) groups is 1. The van der Waals surface area contributed by atoms with Gasteiger partial charge in [-0.05, 0) is 29.9 Å². The molecule has 1 heterocycles. The van der Waals surface area contributed by atoms with Gasteiger partial charge in [-0.3, -0.25) is 4.79 Å². The quantitative estimate of drug-likeness (QED) is 0.880. The van der Waals surface area contributed by atoms with E-state index in [2.05, 4.69) is 11.4 Å². The molecule has 4 nitrogen and oxygen atoms in total. The summed E-state index contributed by atoms with van der Waals surface area (Å²) in [7, 11) is 0. The lowest BCUT2D eigenvalue weighted by Gasteiger charge is -2.32. The summed E-state index contributed by atoms with van der Waals surface area (Å²) in [5.41, 5.74) is -0.281. The van der Waals surface area contributed by atoms with Crippen LogP contribution in [0.1, 0.15) is 24.5 Å². The van der Waals surface area contributed by atoms with Gasteiger partial charge in [-0.1, -0.05) is 30.3 Å². The van der Waals surface area contributed by atoms with Crippen molar-refractivity contribution in [3.05, 3.63) is 35.9 Å². The zero-order chi connectivity index (χ0) is 13.7. The van der Waals surface area contributed by atoms with Gasteiger partial charge in [-0.15, -0.1) is 0 Å². The second-order valence-electron chi connectivity index (χ2n) is 4.61. The van der Waals surface area contributed by atoms with Gasteiger partial charge < -0.3 is 10.4 Å². The number of rotatable bonds is 3. The number of amides is 1. The van der Waals surface area contributed by atoms with Crippen molar-refractivity contribution in [1.29, 1.82) is 5.26 Å². The van der Waals surface area contributed by atoms with Crippen LogP contribution in [0.4, 0.5) is 0 Å². The van der Waals surface area contributed by atoms with E-state index in [-0.39, 0.29) is 0 Å². The normalized spacial score (nSPS) is 19.2. The minimum atomic E-state index is -1.22. The third-order valence-electron chi connectivity index (χ3n) is 3.29. The highest BCUT2D eigenvalue weighted by Crippen LogP contribution is 2.27. The Morgan fingerprint density at radius 1 is 1.37 bits per heavy atom. The monoisotopic (exact) mass is 276 g/mol. The molecule has 1 atom stereocenters. The van der Waals surface area contributed by atoms with Crippen LogP contribution in [-0.4, -0.2) is 28.1 Å². The standard InChI is InChI=1S/C14H16N2O2S/c15-10-14(6-8-19-9-7-14)16-13(18)12(17)11-4-2-1-3-5-11/h1-5,12,17H,6-9H2,(H,16,18). The van der Waals surface area contributed by atoms with Gasteiger partial charge in [0.2, 0.25) is 0 Å². The number of benzene rings is 1. The van der Waals surface area contributed by atoms with Crippen LogP contribution in [0, 0.1) is 11.3 Å². The summed E-state index contributed by atoms with van der Waals surface area (Å²) in [6.45, 7) is 0. The SMILES string of the molecule is N#CC1(NC(=O)C(O)c2ccccc2)CCSCC1. The van der Waals surface area contributed by atoms with Crippen molar-refractivity contribution >= 4 is 17.7 Å². The molecule has 0 bridgehead atoms. The number of carbonyl (C=O) groups excluding carboxylic acids is 1. The number of hydrogen-bond acceptors (Lipinski definition) is 4. The second-order valence-corrected chi connectivity index (χ2v) is 5.83. The molecule has 100 valence electrons. The number of nitriles is 1. The minimum absolute atomic E-state index is 0.500. The van der Waals surface area contributed by atoms with Gasteiger partial charge in [0, 0.05) is 0 Å². The summed E-state index contributed by atoms with van der Waals surface area (Å²) in [5.74, 6) is 1.21. The van der Waals surface area contributed by atoms with Crippen LogP contribution in [-0.2, 0) is 4.79 Å². The third kappa shape index (κ3) is 3.28. The summed E-state index contributed by atoms with van der Waals surface area (Å²) in [6, 6.07) is 10.9. The van der Waals surface area contributed by atoms with Crippen molar-refractivity contribution in [2.75, 3.05) is 11.5 Å². The fourth-order valence-corrected chi connectivity index (χ4v) is 3.27. The number of nitrogens with zero attached hydrogens (tertiary/aromatic N) is 1. The van der Waals surface area contributed by atoms with Gasteiger partial charge in [0.1, 0.15) is 5.54 Å². The molecule has 2 rings (SSSR count). The molecule has 2 N–H and O–H groups in total. The topological polar surface area (TPSA) is 73.1 Å². The molecule has 1 aromatic rings. The Bertz CT molecular complexity index is 478. The van der Waals surface area contributed by atoms with Crippen molar-refractivity contribution in [1.82, 2.24) is 5.32 Å². The average molecular weight is 276 g/mol. The largest absolute Gasteiger partial charge is 0.378 e. The van der Waals surface area contributed by atoms with Crippen LogP contribution >= 0.6 is 11.8 Å². The molecular formula is C14H16N2O2S. The Morgan fingerprint density at radius 2 is 2.00 bits per heavy atom. The maximum Gasteiger partial charge on any atom is 0.254 e. The number of nitrogens with one attached hydrogen (secondary N) is 1. The third-order valence-corrected chi connectivity index (χ3v) is 4.27. The second kappa shape index (κ2) is 6.09. The molecule has 5 heteroatoms. The highest BCUT2D eigenvalue weighted by Gasteiger charge is 2.35. The molecule has 0 saturated carbocycles. The summed E-state index contributed by atoms with van der Waals surface area (Å²) < 4.78 is 0. The Hall–Kier alpha value is -1.51. The van der Waals surface area contributed by atoms with E-state index in [4.69, 9.17) is 0 Å². The predicted octanol–water partition coefficient (Wildman–Crippen LogP) is 1.63. The van der Waals surface area contributed by atoms with E-state index in [1.54, 1.807) is 36.0 Å². The summed E-state index contributed by atoms with van der Waals surface area (Å²) in [5, 5.41) is 22.0. The molecule has 0 spiro atoms. The van der Waals surface area contributed by atoms with Crippen LogP contribution in [0.3, 0.4) is 0 Å². The maximum absolute atomic E-state index is 12.1. The molecule has 1 aliphatic heterocycles. The van der Waals surface area contributed by atoms with Crippen LogP contribution in [0.2, 0.25) is 0 Å². The minimum Gasteiger partial charge on any atom is -0.378 e. The van der Waals surface area contributed by atoms with Gasteiger partial charge in [-0.2, -0.15) is 17.0 Å². The Balaban J connectivity index is 2.06. The molecule has 0 aromatic heterocycles. The van der Waals surface area contributed by atoms with Gasteiger partial charge in [0.05, 0.1) is 6.07 Å². The first-order valence-electron chi connectivity index (χ1n) is 6.21. The van der Waals surface area contributed by atoms with Gasteiger partial charge in [0.25, 0.3) is 5.91 Å². The zero-order valence-corrected chi connectivity index (χ0v) is 11.3. The Labute approximate surface area is 116 Å². The lowest BCUT2D eigenvalue weighted by molar-refractivity contribution is -0.131. The maximum atomic E-state index is 12.1. The molecule has 0 aliphatic carbocycles. The number of hydrogen-bond donors (Lipinski definition) is 2. The highest BCUT2D eigenvalue weighted by atomic mass is 32.2. The number of thioether (sulfide) groups is 1. The zero-order valence-electron chi connectivity index (χ0n) is 10.5. The van der Waals surface area contributed by atoms with Crippen LogP contribution in [0.5, 0.6) is 0 Å². The Morgan fingerprint density at radius 3 is 2.58 bits per heavy atom. The first-order valence-corrected chi connectivity index (χ1v) is 7.36. The fraction of sp³-hybridized carbons (Fsp3) is 0.429. The molecule has 1 amide bonds. The molecular weight excluding hydrogens is 260 g/mol. The van der Waals surface area contributed by atoms with Crippen molar-refractivity contribution in [2.45, 2.75) is 24.5 Å². The van der Waals surface area contributed by atoms with Crippen molar-refractivity contribution in [3.63, 3.8) is 0 Å². The highest BCUT2D eigenvalue weighted by molar-refractivity contribution is 7.99. The van der Waals surface area contributed by atoms with E-state index in [0.29, 0.717) is 18.4 Å². The summed E-state index contributed by atoms with van der Waals surface area (Å²) in [6.07, 6.45) is 0.0315. The van der Waals surface area contributed by atoms with E-state index in [0.717, 1.165) is 11.5 Å². The average Bonchev–Trinajstić information content (AvgIpc) is 2.48. The Kier molecular flexibility index (Phi) is 4.46. The van der Waals surface area contributed by atoms with Crippen LogP contribution in [0.25, 0.3) is 0 Å². The van der Waals surface area contributed by atoms with E-state index in [9.17, 15) is 15.2 Å². The van der Waals surface area contributed by atoms with E-state index in [1.165, 1.54) is 0 Å². The van der Waals surface area contributed by atoms with Gasteiger partial charge in [-0.25, -0.2) is 0 Å². The first kappa shape index (κ1) is 13.9. The van der Waals surface area contributed by atoms with Crippen LogP contribution < -0.4 is 5.32 Å². The number of aliphatic hydroxyl groups excluding tert-OH is 1. The molecule has 1 saturated heterocycles. The van der Waals surface area contributed by atoms with E-state index >= 15 is 0 Å². The van der Waals surface area contributed by atoms with Crippen molar-refractivity contribution < 1.29 is 9.90 Å². The first-order chi connectivity index (χ1) is 9.17. The van der Waals surface area contributed by atoms with Crippen molar-refractivity contribution in [3.8, 4) is 6.07 Å². The van der Waals surface area contributed by atoms with Gasteiger partial charge in [0.15, 0.2) is 6.10 Å². The molecule has 1 fully saturated rings. The van der Waals surface area contributed by atoms with Crippen LogP contribution in [0.15, 0.2) is 30.3 Å². The van der Waals surface area contributed by atoms with Crippen molar-refractivity contribution in [2.24, 2.45) is 0 Å². The number of aliphatic hydroxyl groups is 1.